The van der Waals surface area contributed by atoms with Crippen LogP contribution in [0.5, 0.6) is 0 Å². The lowest BCUT2D eigenvalue weighted by atomic mass is 9.85. The molecule has 2 aliphatic rings. The molecule has 3 nitrogen and oxygen atoms in total. The van der Waals surface area contributed by atoms with Gasteiger partial charge < -0.3 is 10.6 Å². The monoisotopic (exact) mass is 340 g/mol. The van der Waals surface area contributed by atoms with Gasteiger partial charge in [-0.05, 0) is 56.8 Å². The van der Waals surface area contributed by atoms with Gasteiger partial charge in [0.1, 0.15) is 5.82 Å². The summed E-state index contributed by atoms with van der Waals surface area (Å²) in [5.74, 6) is 0.0316. The summed E-state index contributed by atoms with van der Waals surface area (Å²) in [7, 11) is 0. The molecule has 0 aromatic heterocycles. The molecule has 1 amide bonds. The van der Waals surface area contributed by atoms with Crippen LogP contribution in [0.3, 0.4) is 0 Å². The average molecular weight is 341 g/mol. The molecule has 2 fully saturated rings. The summed E-state index contributed by atoms with van der Waals surface area (Å²) in [4.78, 5) is 12.7. The van der Waals surface area contributed by atoms with Crippen LogP contribution >= 0.6 is 12.4 Å². The van der Waals surface area contributed by atoms with Crippen molar-refractivity contribution in [3.8, 4) is 0 Å². The van der Waals surface area contributed by atoms with Crippen molar-refractivity contribution in [2.75, 3.05) is 6.54 Å². The second-order valence-corrected chi connectivity index (χ2v) is 6.86. The van der Waals surface area contributed by atoms with Gasteiger partial charge in [0.15, 0.2) is 0 Å². The van der Waals surface area contributed by atoms with Gasteiger partial charge in [-0.1, -0.05) is 25.0 Å². The quantitative estimate of drug-likeness (QED) is 0.884. The lowest BCUT2D eigenvalue weighted by Crippen LogP contribution is -2.49. The minimum atomic E-state index is -0.293. The topological polar surface area (TPSA) is 41.1 Å². The van der Waals surface area contributed by atoms with Gasteiger partial charge in [-0.15, -0.1) is 12.4 Å². The van der Waals surface area contributed by atoms with Gasteiger partial charge in [0.2, 0.25) is 5.91 Å². The van der Waals surface area contributed by atoms with Crippen LogP contribution in [0.25, 0.3) is 0 Å². The van der Waals surface area contributed by atoms with E-state index >= 15 is 0 Å². The molecule has 1 aliphatic carbocycles. The highest BCUT2D eigenvalue weighted by molar-refractivity contribution is 5.85. The molecule has 1 aliphatic heterocycles. The fourth-order valence-corrected chi connectivity index (χ4v) is 3.94. The lowest BCUT2D eigenvalue weighted by Gasteiger charge is -2.35. The Balaban J connectivity index is 0.00000192. The molecule has 1 aromatic rings. The maximum atomic E-state index is 13.2. The van der Waals surface area contributed by atoms with Crippen LogP contribution in [-0.2, 0) is 10.3 Å². The molecular weight excluding hydrogens is 315 g/mol. The van der Waals surface area contributed by atoms with Crippen molar-refractivity contribution >= 4 is 18.3 Å². The first-order valence-electron chi connectivity index (χ1n) is 8.40. The first-order valence-corrected chi connectivity index (χ1v) is 8.40. The molecule has 3 rings (SSSR count). The zero-order valence-electron chi connectivity index (χ0n) is 13.6. The lowest BCUT2D eigenvalue weighted by molar-refractivity contribution is -0.128. The van der Waals surface area contributed by atoms with E-state index in [4.69, 9.17) is 0 Å². The van der Waals surface area contributed by atoms with Gasteiger partial charge in [0, 0.05) is 12.0 Å². The van der Waals surface area contributed by atoms with E-state index in [0.717, 1.165) is 50.6 Å². The van der Waals surface area contributed by atoms with Crippen LogP contribution in [0.4, 0.5) is 4.39 Å². The maximum Gasteiger partial charge on any atom is 0.223 e. The van der Waals surface area contributed by atoms with Crippen molar-refractivity contribution in [1.29, 1.82) is 0 Å². The van der Waals surface area contributed by atoms with E-state index in [-0.39, 0.29) is 35.6 Å². The Labute approximate surface area is 143 Å². The Kier molecular flexibility index (Phi) is 6.04. The predicted octanol–water partition coefficient (Wildman–Crippen LogP) is 3.52. The number of benzene rings is 1. The highest BCUT2D eigenvalue weighted by Gasteiger charge is 2.38. The van der Waals surface area contributed by atoms with Gasteiger partial charge in [0.05, 0.1) is 5.54 Å². The fourth-order valence-electron chi connectivity index (χ4n) is 3.94. The van der Waals surface area contributed by atoms with E-state index in [2.05, 4.69) is 17.6 Å². The van der Waals surface area contributed by atoms with Crippen LogP contribution in [0.1, 0.15) is 51.0 Å². The van der Waals surface area contributed by atoms with Crippen LogP contribution < -0.4 is 10.6 Å². The van der Waals surface area contributed by atoms with Crippen molar-refractivity contribution in [3.63, 3.8) is 0 Å². The molecule has 128 valence electrons. The van der Waals surface area contributed by atoms with E-state index in [0.29, 0.717) is 6.04 Å². The molecule has 0 bridgehead atoms. The average Bonchev–Trinajstić information content (AvgIpc) is 2.97. The highest BCUT2D eigenvalue weighted by Crippen LogP contribution is 2.39. The van der Waals surface area contributed by atoms with E-state index in [1.165, 1.54) is 12.1 Å². The van der Waals surface area contributed by atoms with Crippen LogP contribution in [0.2, 0.25) is 0 Å². The SMILES string of the molecule is C[C@H]1C[C@@H](C(=O)NC2(c3ccc(F)cc3)CCCC2)CCN1.Cl. The predicted molar refractivity (Wildman–Crippen MR) is 92.1 cm³/mol. The summed E-state index contributed by atoms with van der Waals surface area (Å²) >= 11 is 0. The summed E-state index contributed by atoms with van der Waals surface area (Å²) < 4.78 is 13.2. The molecule has 23 heavy (non-hydrogen) atoms. The Morgan fingerprint density at radius 3 is 2.52 bits per heavy atom. The van der Waals surface area contributed by atoms with Crippen molar-refractivity contribution in [3.05, 3.63) is 35.6 Å². The first-order chi connectivity index (χ1) is 10.6. The molecule has 1 aromatic carbocycles. The van der Waals surface area contributed by atoms with Gasteiger partial charge in [-0.2, -0.15) is 0 Å². The second kappa shape index (κ2) is 7.63. The third-order valence-electron chi connectivity index (χ3n) is 5.21. The van der Waals surface area contributed by atoms with Crippen molar-refractivity contribution in [2.24, 2.45) is 5.92 Å². The number of carbonyl (C=O) groups excluding carboxylic acids is 1. The molecule has 1 heterocycles. The fraction of sp³-hybridized carbons (Fsp3) is 0.611. The maximum absolute atomic E-state index is 13.2. The number of amides is 1. The van der Waals surface area contributed by atoms with E-state index in [1.807, 2.05) is 12.1 Å². The smallest absolute Gasteiger partial charge is 0.223 e. The minimum absolute atomic E-state index is 0. The number of rotatable bonds is 3. The number of hydrogen-bond donors (Lipinski definition) is 2. The highest BCUT2D eigenvalue weighted by atomic mass is 35.5. The van der Waals surface area contributed by atoms with E-state index in [9.17, 15) is 9.18 Å². The summed E-state index contributed by atoms with van der Waals surface area (Å²) in [6, 6.07) is 7.04. The first kappa shape index (κ1) is 18.2. The van der Waals surface area contributed by atoms with Gasteiger partial charge in [-0.25, -0.2) is 4.39 Å². The van der Waals surface area contributed by atoms with Crippen molar-refractivity contribution < 1.29 is 9.18 Å². The Hall–Kier alpha value is -1.13. The van der Waals surface area contributed by atoms with Crippen LogP contribution in [-0.4, -0.2) is 18.5 Å². The van der Waals surface area contributed by atoms with Crippen molar-refractivity contribution in [1.82, 2.24) is 10.6 Å². The molecule has 0 spiro atoms. The zero-order chi connectivity index (χ0) is 15.6. The van der Waals surface area contributed by atoms with Gasteiger partial charge >= 0.3 is 0 Å². The third-order valence-corrected chi connectivity index (χ3v) is 5.21. The van der Waals surface area contributed by atoms with Crippen molar-refractivity contribution in [2.45, 2.75) is 57.0 Å². The minimum Gasteiger partial charge on any atom is -0.346 e. The third kappa shape index (κ3) is 4.04. The molecule has 1 saturated carbocycles. The summed E-state index contributed by atoms with van der Waals surface area (Å²) in [6.45, 7) is 3.04. The Morgan fingerprint density at radius 1 is 1.26 bits per heavy atom. The van der Waals surface area contributed by atoms with Crippen LogP contribution in [0.15, 0.2) is 24.3 Å². The molecule has 2 N–H and O–H groups in total. The number of halogens is 2. The number of nitrogens with one attached hydrogen (secondary N) is 2. The van der Waals surface area contributed by atoms with Crippen LogP contribution in [0, 0.1) is 11.7 Å². The number of hydrogen-bond acceptors (Lipinski definition) is 2. The van der Waals surface area contributed by atoms with Gasteiger partial charge in [0.25, 0.3) is 0 Å². The summed E-state index contributed by atoms with van der Waals surface area (Å²) in [5.41, 5.74) is 0.751. The Morgan fingerprint density at radius 2 is 1.91 bits per heavy atom. The normalized spacial score (nSPS) is 26.3. The molecular formula is C18H26ClFN2O. The van der Waals surface area contributed by atoms with E-state index in [1.54, 1.807) is 0 Å². The van der Waals surface area contributed by atoms with E-state index < -0.39 is 0 Å². The molecule has 1 saturated heterocycles. The zero-order valence-corrected chi connectivity index (χ0v) is 14.4. The molecule has 0 unspecified atom stereocenters. The summed E-state index contributed by atoms with van der Waals surface area (Å²) in [5, 5.41) is 6.72. The molecule has 2 atom stereocenters. The van der Waals surface area contributed by atoms with Gasteiger partial charge in [-0.3, -0.25) is 4.79 Å². The Bertz CT molecular complexity index is 528. The summed E-state index contributed by atoms with van der Waals surface area (Å²) in [6.07, 6.45) is 5.91. The molecule has 0 radical (unpaired) electrons. The number of carbonyl (C=O) groups is 1. The second-order valence-electron chi connectivity index (χ2n) is 6.86. The standard InChI is InChI=1S/C18H25FN2O.ClH/c1-13-12-14(8-11-20-13)17(22)21-18(9-2-3-10-18)15-4-6-16(19)7-5-15;/h4-7,13-14,20H,2-3,8-12H2,1H3,(H,21,22);1H/t13-,14-;/m0./s1. The largest absolute Gasteiger partial charge is 0.346 e. The number of piperidine rings is 1. The molecule has 5 heteroatoms.